The van der Waals surface area contributed by atoms with Gasteiger partial charge in [0.2, 0.25) is 0 Å². The molecule has 0 fully saturated rings. The first-order chi connectivity index (χ1) is 6.27. The Hall–Kier alpha value is -0.770. The molecule has 0 aromatic heterocycles. The van der Waals surface area contributed by atoms with Gasteiger partial charge in [-0.15, -0.1) is 0 Å². The molecule has 2 N–H and O–H groups in total. The summed E-state index contributed by atoms with van der Waals surface area (Å²) in [4.78, 5) is 0. The van der Waals surface area contributed by atoms with E-state index in [-0.39, 0.29) is 6.79 Å². The maximum absolute atomic E-state index is 5.91. The van der Waals surface area contributed by atoms with Gasteiger partial charge in [-0.05, 0) is 17.7 Å². The van der Waals surface area contributed by atoms with Crippen molar-refractivity contribution in [1.29, 1.82) is 0 Å². The van der Waals surface area contributed by atoms with Crippen LogP contribution in [0, 0.1) is 0 Å². The molecule has 0 radical (unpaired) electrons. The molecule has 1 aromatic rings. The molecule has 0 aliphatic rings. The minimum atomic E-state index is 0.221. The topological polar surface area (TPSA) is 44.5 Å². The third kappa shape index (κ3) is 2.88. The summed E-state index contributed by atoms with van der Waals surface area (Å²) < 4.78 is 9.94. The maximum Gasteiger partial charge on any atom is 0.188 e. The molecule has 0 saturated heterocycles. The summed E-state index contributed by atoms with van der Waals surface area (Å²) in [5.74, 6) is 0.684. The molecule has 1 aromatic carbocycles. The van der Waals surface area contributed by atoms with Gasteiger partial charge in [-0.2, -0.15) is 0 Å². The standard InChI is InChI=1S/C9H12ClNO2/c1-12-6-13-8-3-2-7(5-11)9(10)4-8/h2-4H,5-6,11H2,1H3. The Kier molecular flexibility index (Phi) is 4.02. The molecule has 0 spiro atoms. The van der Waals surface area contributed by atoms with Crippen molar-refractivity contribution in [2.24, 2.45) is 5.73 Å². The van der Waals surface area contributed by atoms with Crippen molar-refractivity contribution in [3.8, 4) is 5.75 Å². The van der Waals surface area contributed by atoms with Crippen LogP contribution in [-0.2, 0) is 11.3 Å². The molecule has 0 atom stereocenters. The lowest BCUT2D eigenvalue weighted by molar-refractivity contribution is 0.0511. The number of ether oxygens (including phenoxy) is 2. The second-order valence-electron chi connectivity index (χ2n) is 2.51. The SMILES string of the molecule is COCOc1ccc(CN)c(Cl)c1. The number of halogens is 1. The summed E-state index contributed by atoms with van der Waals surface area (Å²) in [6.07, 6.45) is 0. The van der Waals surface area contributed by atoms with Gasteiger partial charge in [0.15, 0.2) is 6.79 Å². The monoisotopic (exact) mass is 201 g/mol. The van der Waals surface area contributed by atoms with Gasteiger partial charge in [0.25, 0.3) is 0 Å². The molecule has 1 rings (SSSR count). The third-order valence-electron chi connectivity index (χ3n) is 1.59. The average Bonchev–Trinajstić information content (AvgIpc) is 2.15. The molecular formula is C9H12ClNO2. The molecule has 72 valence electrons. The van der Waals surface area contributed by atoms with Crippen LogP contribution in [0.3, 0.4) is 0 Å². The van der Waals surface area contributed by atoms with E-state index in [1.165, 1.54) is 0 Å². The summed E-state index contributed by atoms with van der Waals surface area (Å²) in [6.45, 7) is 0.654. The van der Waals surface area contributed by atoms with Crippen LogP contribution in [0.5, 0.6) is 5.75 Å². The zero-order chi connectivity index (χ0) is 9.68. The Morgan fingerprint density at radius 2 is 2.23 bits per heavy atom. The largest absolute Gasteiger partial charge is 0.468 e. The first-order valence-corrected chi connectivity index (χ1v) is 4.26. The van der Waals surface area contributed by atoms with Crippen LogP contribution in [0.2, 0.25) is 5.02 Å². The highest BCUT2D eigenvalue weighted by atomic mass is 35.5. The number of rotatable bonds is 4. The molecule has 3 nitrogen and oxygen atoms in total. The highest BCUT2D eigenvalue weighted by molar-refractivity contribution is 6.31. The van der Waals surface area contributed by atoms with E-state index in [0.717, 1.165) is 5.56 Å². The van der Waals surface area contributed by atoms with Gasteiger partial charge in [0.05, 0.1) is 0 Å². The van der Waals surface area contributed by atoms with Gasteiger partial charge >= 0.3 is 0 Å². The highest BCUT2D eigenvalue weighted by Gasteiger charge is 2.00. The Bertz CT molecular complexity index is 278. The lowest BCUT2D eigenvalue weighted by atomic mass is 10.2. The molecule has 0 aliphatic carbocycles. The van der Waals surface area contributed by atoms with E-state index < -0.39 is 0 Å². The van der Waals surface area contributed by atoms with Crippen LogP contribution in [-0.4, -0.2) is 13.9 Å². The van der Waals surface area contributed by atoms with Crippen LogP contribution in [0.25, 0.3) is 0 Å². The molecule has 4 heteroatoms. The summed E-state index contributed by atoms with van der Waals surface area (Å²) in [5, 5.41) is 0.621. The molecule has 13 heavy (non-hydrogen) atoms. The number of benzene rings is 1. The lowest BCUT2D eigenvalue weighted by Gasteiger charge is -2.06. The predicted molar refractivity (Wildman–Crippen MR) is 51.8 cm³/mol. The van der Waals surface area contributed by atoms with Crippen LogP contribution in [0.15, 0.2) is 18.2 Å². The number of hydrogen-bond acceptors (Lipinski definition) is 3. The van der Waals surface area contributed by atoms with Gasteiger partial charge in [0, 0.05) is 18.7 Å². The Balaban J connectivity index is 2.71. The van der Waals surface area contributed by atoms with E-state index in [2.05, 4.69) is 0 Å². The number of nitrogens with two attached hydrogens (primary N) is 1. The van der Waals surface area contributed by atoms with Crippen molar-refractivity contribution in [3.63, 3.8) is 0 Å². The molecule has 0 amide bonds. The first kappa shape index (κ1) is 10.3. The predicted octanol–water partition coefficient (Wildman–Crippen LogP) is 1.78. The van der Waals surface area contributed by atoms with Gasteiger partial charge in [-0.1, -0.05) is 17.7 Å². The van der Waals surface area contributed by atoms with Gasteiger partial charge < -0.3 is 15.2 Å². The van der Waals surface area contributed by atoms with Gasteiger partial charge in [0.1, 0.15) is 5.75 Å². The van der Waals surface area contributed by atoms with Crippen molar-refractivity contribution in [2.75, 3.05) is 13.9 Å². The van der Waals surface area contributed by atoms with Gasteiger partial charge in [-0.3, -0.25) is 0 Å². The highest BCUT2D eigenvalue weighted by Crippen LogP contribution is 2.21. The minimum absolute atomic E-state index is 0.221. The zero-order valence-corrected chi connectivity index (χ0v) is 8.17. The van der Waals surface area contributed by atoms with Crippen LogP contribution < -0.4 is 10.5 Å². The van der Waals surface area contributed by atoms with Crippen molar-refractivity contribution in [3.05, 3.63) is 28.8 Å². The number of hydrogen-bond donors (Lipinski definition) is 1. The maximum atomic E-state index is 5.91. The molecule has 0 bridgehead atoms. The molecule has 0 aliphatic heterocycles. The van der Waals surface area contributed by atoms with E-state index >= 15 is 0 Å². The molecular weight excluding hydrogens is 190 g/mol. The van der Waals surface area contributed by atoms with Crippen molar-refractivity contribution < 1.29 is 9.47 Å². The fraction of sp³-hybridized carbons (Fsp3) is 0.333. The average molecular weight is 202 g/mol. The van der Waals surface area contributed by atoms with Crippen LogP contribution in [0.4, 0.5) is 0 Å². The molecule has 0 saturated carbocycles. The smallest absolute Gasteiger partial charge is 0.188 e. The molecule has 0 heterocycles. The second kappa shape index (κ2) is 5.07. The Morgan fingerprint density at radius 3 is 2.77 bits per heavy atom. The van der Waals surface area contributed by atoms with Gasteiger partial charge in [-0.25, -0.2) is 0 Å². The quantitative estimate of drug-likeness (QED) is 0.756. The molecule has 0 unspecified atom stereocenters. The summed E-state index contributed by atoms with van der Waals surface area (Å²) in [6, 6.07) is 5.38. The normalized spacial score (nSPS) is 10.1. The fourth-order valence-corrected chi connectivity index (χ4v) is 1.16. The van der Waals surface area contributed by atoms with E-state index in [0.29, 0.717) is 17.3 Å². The van der Waals surface area contributed by atoms with E-state index in [1.54, 1.807) is 13.2 Å². The lowest BCUT2D eigenvalue weighted by Crippen LogP contribution is -2.00. The van der Waals surface area contributed by atoms with Crippen molar-refractivity contribution >= 4 is 11.6 Å². The fourth-order valence-electron chi connectivity index (χ4n) is 0.910. The Morgan fingerprint density at radius 1 is 1.46 bits per heavy atom. The second-order valence-corrected chi connectivity index (χ2v) is 2.92. The number of methoxy groups -OCH3 is 1. The van der Waals surface area contributed by atoms with Crippen LogP contribution in [0.1, 0.15) is 5.56 Å². The summed E-state index contributed by atoms with van der Waals surface area (Å²) in [7, 11) is 1.57. The summed E-state index contributed by atoms with van der Waals surface area (Å²) in [5.41, 5.74) is 6.36. The minimum Gasteiger partial charge on any atom is -0.468 e. The van der Waals surface area contributed by atoms with Crippen molar-refractivity contribution in [2.45, 2.75) is 6.54 Å². The van der Waals surface area contributed by atoms with E-state index in [9.17, 15) is 0 Å². The zero-order valence-electron chi connectivity index (χ0n) is 7.42. The van der Waals surface area contributed by atoms with Crippen LogP contribution >= 0.6 is 11.6 Å². The Labute approximate surface area is 82.4 Å². The van der Waals surface area contributed by atoms with E-state index in [1.807, 2.05) is 12.1 Å². The third-order valence-corrected chi connectivity index (χ3v) is 1.94. The van der Waals surface area contributed by atoms with Crippen molar-refractivity contribution in [1.82, 2.24) is 0 Å². The summed E-state index contributed by atoms with van der Waals surface area (Å²) >= 11 is 5.91. The first-order valence-electron chi connectivity index (χ1n) is 3.88. The van der Waals surface area contributed by atoms with E-state index in [4.69, 9.17) is 26.8 Å².